The number of hydrogen-bond donors (Lipinski definition) is 1. The lowest BCUT2D eigenvalue weighted by Crippen LogP contribution is -2.12. The van der Waals surface area contributed by atoms with E-state index in [1.54, 1.807) is 13.2 Å². The molecular formula is C11H10F3N7OS2. The van der Waals surface area contributed by atoms with Crippen LogP contribution in [0.25, 0.3) is 5.65 Å². The van der Waals surface area contributed by atoms with Crippen molar-refractivity contribution in [2.45, 2.75) is 15.5 Å². The van der Waals surface area contributed by atoms with Crippen molar-refractivity contribution in [1.29, 1.82) is 0 Å². The molecule has 3 aromatic rings. The van der Waals surface area contributed by atoms with E-state index < -0.39 is 12.0 Å². The van der Waals surface area contributed by atoms with E-state index in [1.165, 1.54) is 17.4 Å². The molecule has 13 heteroatoms. The molecule has 128 valence electrons. The van der Waals surface area contributed by atoms with Crippen LogP contribution in [-0.2, 0) is 10.9 Å². The Kier molecular flexibility index (Phi) is 4.82. The van der Waals surface area contributed by atoms with Gasteiger partial charge in [0.1, 0.15) is 5.03 Å². The quantitative estimate of drug-likeness (QED) is 0.654. The maximum Gasteiger partial charge on any atom is 0.453 e. The third kappa shape index (κ3) is 3.73. The molecule has 0 amide bonds. The second-order valence-corrected chi connectivity index (χ2v) is 6.60. The normalized spacial score (nSPS) is 12.0. The Morgan fingerprint density at radius 3 is 2.83 bits per heavy atom. The monoisotopic (exact) mass is 377 g/mol. The van der Waals surface area contributed by atoms with Crippen molar-refractivity contribution in [3.05, 3.63) is 18.0 Å². The lowest BCUT2D eigenvalue weighted by Gasteiger charge is -2.03. The largest absolute Gasteiger partial charge is 0.453 e. The first kappa shape index (κ1) is 16.9. The molecule has 1 N–H and O–H groups in total. The Bertz CT molecular complexity index is 834. The van der Waals surface area contributed by atoms with E-state index in [2.05, 4.69) is 30.8 Å². The van der Waals surface area contributed by atoms with Gasteiger partial charge in [-0.05, 0) is 23.9 Å². The summed E-state index contributed by atoms with van der Waals surface area (Å²) in [6.07, 6.45) is -4.63. The number of nitrogens with one attached hydrogen (secondary N) is 1. The van der Waals surface area contributed by atoms with Gasteiger partial charge in [-0.2, -0.15) is 22.8 Å². The Balaban J connectivity index is 1.78. The highest BCUT2D eigenvalue weighted by Crippen LogP contribution is 2.32. The number of halogens is 3. The smallest absolute Gasteiger partial charge is 0.383 e. The molecule has 3 rings (SSSR count). The number of methoxy groups -OCH3 is 1. The predicted molar refractivity (Wildman–Crippen MR) is 80.2 cm³/mol. The molecule has 0 saturated heterocycles. The minimum Gasteiger partial charge on any atom is -0.383 e. The number of rotatable bonds is 6. The van der Waals surface area contributed by atoms with E-state index >= 15 is 0 Å². The number of anilines is 1. The molecule has 8 nitrogen and oxygen atoms in total. The highest BCUT2D eigenvalue weighted by molar-refractivity contribution is 8.01. The highest BCUT2D eigenvalue weighted by atomic mass is 32.2. The highest BCUT2D eigenvalue weighted by Gasteiger charge is 2.37. The Labute approximate surface area is 141 Å². The predicted octanol–water partition coefficient (Wildman–Crippen LogP) is 2.20. The summed E-state index contributed by atoms with van der Waals surface area (Å²) in [6, 6.07) is 2.96. The van der Waals surface area contributed by atoms with E-state index in [-0.39, 0.29) is 5.65 Å². The number of alkyl halides is 3. The zero-order chi connectivity index (χ0) is 17.2. The summed E-state index contributed by atoms with van der Waals surface area (Å²) < 4.78 is 44.7. The number of ether oxygens (including phenoxy) is 1. The van der Waals surface area contributed by atoms with Gasteiger partial charge in [0, 0.05) is 13.7 Å². The molecule has 3 aromatic heterocycles. The fourth-order valence-electron chi connectivity index (χ4n) is 1.68. The first-order chi connectivity index (χ1) is 11.5. The minimum atomic E-state index is -4.63. The van der Waals surface area contributed by atoms with Crippen molar-refractivity contribution in [2.24, 2.45) is 0 Å². The van der Waals surface area contributed by atoms with Gasteiger partial charge in [0.2, 0.25) is 5.13 Å². The van der Waals surface area contributed by atoms with Crippen molar-refractivity contribution in [1.82, 2.24) is 30.0 Å². The molecule has 0 aliphatic rings. The average molecular weight is 377 g/mol. The van der Waals surface area contributed by atoms with Gasteiger partial charge in [-0.3, -0.25) is 0 Å². The molecule has 0 aromatic carbocycles. The standard InChI is InChI=1S/C11H10F3N7OS2/c1-22-5-4-15-9-18-19-10(24-9)23-7-3-2-6-16-17-8(11(12,13)14)21(6)20-7/h2-3H,4-5H2,1H3,(H,15,18). The molecule has 0 aliphatic heterocycles. The van der Waals surface area contributed by atoms with Crippen LogP contribution in [0.3, 0.4) is 0 Å². The van der Waals surface area contributed by atoms with Crippen molar-refractivity contribution >= 4 is 33.9 Å². The first-order valence-electron chi connectivity index (χ1n) is 6.51. The third-order valence-corrected chi connectivity index (χ3v) is 4.53. The van der Waals surface area contributed by atoms with Crippen LogP contribution in [0.4, 0.5) is 18.3 Å². The molecular weight excluding hydrogens is 367 g/mol. The van der Waals surface area contributed by atoms with Crippen LogP contribution in [0.15, 0.2) is 21.5 Å². The molecule has 0 fully saturated rings. The Morgan fingerprint density at radius 2 is 2.08 bits per heavy atom. The molecule has 0 bridgehead atoms. The van der Waals surface area contributed by atoms with Crippen LogP contribution < -0.4 is 5.32 Å². The SMILES string of the molecule is COCCNc1nnc(Sc2ccc3nnc(C(F)(F)F)n3n2)s1. The van der Waals surface area contributed by atoms with E-state index in [9.17, 15) is 13.2 Å². The van der Waals surface area contributed by atoms with Crippen LogP contribution in [0.2, 0.25) is 0 Å². The van der Waals surface area contributed by atoms with Gasteiger partial charge in [0.25, 0.3) is 5.82 Å². The molecule has 0 unspecified atom stereocenters. The maximum absolute atomic E-state index is 12.9. The van der Waals surface area contributed by atoms with E-state index in [4.69, 9.17) is 4.74 Å². The molecule has 0 radical (unpaired) electrons. The van der Waals surface area contributed by atoms with Crippen molar-refractivity contribution in [2.75, 3.05) is 25.6 Å². The van der Waals surface area contributed by atoms with Crippen LogP contribution in [0.5, 0.6) is 0 Å². The summed E-state index contributed by atoms with van der Waals surface area (Å²) in [5, 5.41) is 22.3. The van der Waals surface area contributed by atoms with Gasteiger partial charge < -0.3 is 10.1 Å². The fraction of sp³-hybridized carbons (Fsp3) is 0.364. The van der Waals surface area contributed by atoms with Gasteiger partial charge in [-0.15, -0.1) is 20.4 Å². The van der Waals surface area contributed by atoms with Gasteiger partial charge in [0.05, 0.1) is 6.61 Å². The third-order valence-electron chi connectivity index (χ3n) is 2.67. The van der Waals surface area contributed by atoms with E-state index in [0.717, 1.165) is 11.8 Å². The van der Waals surface area contributed by atoms with Crippen molar-refractivity contribution in [3.8, 4) is 0 Å². The molecule has 0 aliphatic carbocycles. The van der Waals surface area contributed by atoms with Crippen LogP contribution >= 0.6 is 23.1 Å². The lowest BCUT2D eigenvalue weighted by molar-refractivity contribution is -0.146. The Hall–Kier alpha value is -1.99. The number of hydrogen-bond acceptors (Lipinski definition) is 9. The zero-order valence-corrected chi connectivity index (χ0v) is 13.7. The summed E-state index contributed by atoms with van der Waals surface area (Å²) in [5.41, 5.74) is 0.0193. The summed E-state index contributed by atoms with van der Waals surface area (Å²) >= 11 is 2.37. The fourth-order valence-corrected chi connectivity index (χ4v) is 3.36. The van der Waals surface area contributed by atoms with Crippen LogP contribution in [0, 0.1) is 0 Å². The summed E-state index contributed by atoms with van der Waals surface area (Å²) in [6.45, 7) is 1.10. The van der Waals surface area contributed by atoms with Crippen LogP contribution in [-0.4, -0.2) is 50.3 Å². The Morgan fingerprint density at radius 1 is 1.25 bits per heavy atom. The lowest BCUT2D eigenvalue weighted by atomic mass is 10.5. The van der Waals surface area contributed by atoms with Crippen LogP contribution in [0.1, 0.15) is 5.82 Å². The molecule has 24 heavy (non-hydrogen) atoms. The molecule has 0 saturated carbocycles. The number of fused-ring (bicyclic) bond motifs is 1. The van der Waals surface area contributed by atoms with Gasteiger partial charge >= 0.3 is 6.18 Å². The van der Waals surface area contributed by atoms with Crippen molar-refractivity contribution in [3.63, 3.8) is 0 Å². The average Bonchev–Trinajstić information content (AvgIpc) is 3.13. The summed E-state index contributed by atoms with van der Waals surface area (Å²) in [4.78, 5) is 0. The number of nitrogens with zero attached hydrogens (tertiary/aromatic N) is 6. The van der Waals surface area contributed by atoms with Gasteiger partial charge in [-0.1, -0.05) is 11.3 Å². The molecule has 0 spiro atoms. The molecule has 3 heterocycles. The van der Waals surface area contributed by atoms with E-state index in [1.807, 2.05) is 0 Å². The van der Waals surface area contributed by atoms with Crippen molar-refractivity contribution < 1.29 is 17.9 Å². The minimum absolute atomic E-state index is 0.0193. The number of aromatic nitrogens is 6. The summed E-state index contributed by atoms with van der Waals surface area (Å²) in [5.74, 6) is -1.17. The maximum atomic E-state index is 12.9. The first-order valence-corrected chi connectivity index (χ1v) is 8.14. The van der Waals surface area contributed by atoms with Gasteiger partial charge in [0.15, 0.2) is 9.99 Å². The molecule has 0 atom stereocenters. The second-order valence-electron chi connectivity index (χ2n) is 4.36. The topological polar surface area (TPSA) is 90.1 Å². The van der Waals surface area contributed by atoms with Gasteiger partial charge in [-0.25, -0.2) is 0 Å². The second kappa shape index (κ2) is 6.86. The van der Waals surface area contributed by atoms with E-state index in [0.29, 0.717) is 32.2 Å². The zero-order valence-electron chi connectivity index (χ0n) is 12.1. The summed E-state index contributed by atoms with van der Waals surface area (Å²) in [7, 11) is 1.59.